The van der Waals surface area contributed by atoms with Crippen LogP contribution in [-0.2, 0) is 4.74 Å². The average molecular weight is 489 g/mol. The molecule has 1 atom stereocenters. The summed E-state index contributed by atoms with van der Waals surface area (Å²) in [5.41, 5.74) is 1.48. The number of anilines is 3. The Bertz CT molecular complexity index is 1220. The molecule has 3 aromatic rings. The Hall–Kier alpha value is -2.13. The Balaban J connectivity index is 1.25. The standard InChI is InChI=1S/C23H26Cl2N6O2/c1-22(32)12-33-13-23(22)4-6-30(7-5-23)19-9-17-14(8-16(19)24)10-26-21(28-17)29-18-11-27-31(20(18)25)15-2-3-15/h8-11,15,32H,2-7,12-13H2,1H3,(H,26,28,29)/t22-/m0/s1. The molecule has 174 valence electrons. The minimum atomic E-state index is -0.783. The molecule has 4 heterocycles. The van der Waals surface area contributed by atoms with E-state index in [-0.39, 0.29) is 5.41 Å². The van der Waals surface area contributed by atoms with Crippen molar-refractivity contribution in [2.45, 2.75) is 44.2 Å². The van der Waals surface area contributed by atoms with Crippen LogP contribution in [0.3, 0.4) is 0 Å². The summed E-state index contributed by atoms with van der Waals surface area (Å²) >= 11 is 13.1. The summed E-state index contributed by atoms with van der Waals surface area (Å²) in [5.74, 6) is 0.463. The van der Waals surface area contributed by atoms with Crippen molar-refractivity contribution in [3.8, 4) is 0 Å². The first-order valence-corrected chi connectivity index (χ1v) is 12.1. The maximum atomic E-state index is 10.8. The number of halogens is 2. The number of hydrogen-bond donors (Lipinski definition) is 2. The third-order valence-electron chi connectivity index (χ3n) is 7.49. The van der Waals surface area contributed by atoms with Crippen LogP contribution in [0.4, 0.5) is 17.3 Å². The van der Waals surface area contributed by atoms with E-state index in [4.69, 9.17) is 32.9 Å². The Morgan fingerprint density at radius 3 is 2.64 bits per heavy atom. The van der Waals surface area contributed by atoms with Crippen LogP contribution in [0.1, 0.15) is 38.6 Å². The minimum Gasteiger partial charge on any atom is -0.387 e. The highest BCUT2D eigenvalue weighted by molar-refractivity contribution is 6.34. The summed E-state index contributed by atoms with van der Waals surface area (Å²) in [6, 6.07) is 4.33. The van der Waals surface area contributed by atoms with Crippen LogP contribution in [0.5, 0.6) is 0 Å². The van der Waals surface area contributed by atoms with Crippen molar-refractivity contribution in [3.05, 3.63) is 34.7 Å². The number of aromatic nitrogens is 4. The van der Waals surface area contributed by atoms with E-state index in [1.54, 1.807) is 12.4 Å². The van der Waals surface area contributed by atoms with Gasteiger partial charge in [-0.25, -0.2) is 14.6 Å². The lowest BCUT2D eigenvalue weighted by Gasteiger charge is -2.45. The molecule has 0 unspecified atom stereocenters. The van der Waals surface area contributed by atoms with Gasteiger partial charge in [0.1, 0.15) is 0 Å². The topological polar surface area (TPSA) is 88.3 Å². The second-order valence-electron chi connectivity index (χ2n) is 9.74. The second-order valence-corrected chi connectivity index (χ2v) is 10.5. The quantitative estimate of drug-likeness (QED) is 0.555. The zero-order valence-electron chi connectivity index (χ0n) is 18.4. The first-order chi connectivity index (χ1) is 15.9. The fraction of sp³-hybridized carbons (Fsp3) is 0.522. The van der Waals surface area contributed by atoms with E-state index >= 15 is 0 Å². The molecule has 1 spiro atoms. The number of hydrogen-bond acceptors (Lipinski definition) is 7. The zero-order valence-corrected chi connectivity index (χ0v) is 19.9. The molecule has 2 saturated heterocycles. The molecule has 33 heavy (non-hydrogen) atoms. The van der Waals surface area contributed by atoms with Gasteiger partial charge in [-0.15, -0.1) is 0 Å². The SMILES string of the molecule is C[C@]1(O)COCC12CCN(c1cc3nc(Nc4cnn(C5CC5)c4Cl)ncc3cc1Cl)CC2. The molecule has 3 fully saturated rings. The van der Waals surface area contributed by atoms with Gasteiger partial charge in [0.2, 0.25) is 5.95 Å². The third-order valence-corrected chi connectivity index (χ3v) is 8.17. The van der Waals surface area contributed by atoms with Gasteiger partial charge in [-0.3, -0.25) is 0 Å². The van der Waals surface area contributed by atoms with Crippen molar-refractivity contribution in [2.75, 3.05) is 36.5 Å². The maximum Gasteiger partial charge on any atom is 0.227 e. The van der Waals surface area contributed by atoms with E-state index in [1.165, 1.54) is 0 Å². The van der Waals surface area contributed by atoms with E-state index in [9.17, 15) is 5.11 Å². The molecule has 2 aromatic heterocycles. The average Bonchev–Trinajstić information content (AvgIpc) is 3.51. The smallest absolute Gasteiger partial charge is 0.227 e. The number of ether oxygens (including phenoxy) is 1. The molecule has 8 nitrogen and oxygen atoms in total. The fourth-order valence-electron chi connectivity index (χ4n) is 5.08. The highest BCUT2D eigenvalue weighted by Crippen LogP contribution is 2.47. The summed E-state index contributed by atoms with van der Waals surface area (Å²) in [7, 11) is 0. The van der Waals surface area contributed by atoms with Crippen molar-refractivity contribution in [1.29, 1.82) is 0 Å². The Morgan fingerprint density at radius 2 is 1.94 bits per heavy atom. The highest BCUT2D eigenvalue weighted by Gasteiger charge is 2.53. The van der Waals surface area contributed by atoms with Crippen LogP contribution in [0.2, 0.25) is 10.2 Å². The number of aliphatic hydroxyl groups is 1. The van der Waals surface area contributed by atoms with E-state index in [2.05, 4.69) is 20.3 Å². The van der Waals surface area contributed by atoms with Gasteiger partial charge in [0, 0.05) is 30.1 Å². The zero-order chi connectivity index (χ0) is 22.8. The summed E-state index contributed by atoms with van der Waals surface area (Å²) in [6.45, 7) is 4.51. The third kappa shape index (κ3) is 3.64. The minimum absolute atomic E-state index is 0.184. The molecule has 2 N–H and O–H groups in total. The summed E-state index contributed by atoms with van der Waals surface area (Å²) in [4.78, 5) is 11.4. The van der Waals surface area contributed by atoms with Crippen molar-refractivity contribution in [2.24, 2.45) is 5.41 Å². The van der Waals surface area contributed by atoms with Gasteiger partial charge in [-0.2, -0.15) is 5.10 Å². The van der Waals surface area contributed by atoms with Crippen molar-refractivity contribution < 1.29 is 9.84 Å². The summed E-state index contributed by atoms with van der Waals surface area (Å²) < 4.78 is 7.48. The van der Waals surface area contributed by atoms with Crippen LogP contribution in [0.25, 0.3) is 10.9 Å². The summed E-state index contributed by atoms with van der Waals surface area (Å²) in [6.07, 6.45) is 7.41. The first kappa shape index (κ1) is 21.4. The Kier molecular flexibility index (Phi) is 4.99. The van der Waals surface area contributed by atoms with E-state index in [1.807, 2.05) is 23.7 Å². The molecule has 2 aliphatic heterocycles. The molecule has 1 aliphatic carbocycles. The fourth-order valence-corrected chi connectivity index (χ4v) is 5.65. The van der Waals surface area contributed by atoms with E-state index in [0.29, 0.717) is 41.1 Å². The van der Waals surface area contributed by atoms with Gasteiger partial charge in [0.25, 0.3) is 0 Å². The number of nitrogens with zero attached hydrogens (tertiary/aromatic N) is 5. The normalized spacial score (nSPS) is 24.7. The summed E-state index contributed by atoms with van der Waals surface area (Å²) in [5, 5.41) is 20.5. The largest absolute Gasteiger partial charge is 0.387 e. The molecule has 0 amide bonds. The van der Waals surface area contributed by atoms with Gasteiger partial charge < -0.3 is 20.1 Å². The van der Waals surface area contributed by atoms with Crippen LogP contribution in [-0.4, -0.2) is 56.8 Å². The lowest BCUT2D eigenvalue weighted by molar-refractivity contribution is -0.0447. The highest BCUT2D eigenvalue weighted by atomic mass is 35.5. The van der Waals surface area contributed by atoms with Gasteiger partial charge in [0.15, 0.2) is 5.15 Å². The molecule has 6 rings (SSSR count). The Labute approximate surface area is 201 Å². The van der Waals surface area contributed by atoms with Gasteiger partial charge in [-0.1, -0.05) is 23.2 Å². The van der Waals surface area contributed by atoms with Crippen LogP contribution in [0, 0.1) is 5.41 Å². The Morgan fingerprint density at radius 1 is 1.15 bits per heavy atom. The van der Waals surface area contributed by atoms with E-state index < -0.39 is 5.60 Å². The lowest BCUT2D eigenvalue weighted by atomic mass is 9.69. The first-order valence-electron chi connectivity index (χ1n) is 11.4. The monoisotopic (exact) mass is 488 g/mol. The van der Waals surface area contributed by atoms with Crippen LogP contribution < -0.4 is 10.2 Å². The van der Waals surface area contributed by atoms with Gasteiger partial charge >= 0.3 is 0 Å². The predicted octanol–water partition coefficient (Wildman–Crippen LogP) is 4.58. The predicted molar refractivity (Wildman–Crippen MR) is 129 cm³/mol. The molecule has 0 bridgehead atoms. The lowest BCUT2D eigenvalue weighted by Crippen LogP contribution is -2.52. The molecule has 10 heteroatoms. The molecular weight excluding hydrogens is 463 g/mol. The van der Waals surface area contributed by atoms with E-state index in [0.717, 1.165) is 55.4 Å². The van der Waals surface area contributed by atoms with Gasteiger partial charge in [-0.05, 0) is 44.7 Å². The van der Waals surface area contributed by atoms with Crippen LogP contribution in [0.15, 0.2) is 24.5 Å². The number of rotatable bonds is 4. The van der Waals surface area contributed by atoms with Crippen LogP contribution >= 0.6 is 23.2 Å². The van der Waals surface area contributed by atoms with Crippen molar-refractivity contribution >= 4 is 51.4 Å². The number of nitrogens with one attached hydrogen (secondary N) is 1. The van der Waals surface area contributed by atoms with Crippen molar-refractivity contribution in [3.63, 3.8) is 0 Å². The molecule has 1 saturated carbocycles. The van der Waals surface area contributed by atoms with Crippen molar-refractivity contribution in [1.82, 2.24) is 19.7 Å². The number of benzene rings is 1. The maximum absolute atomic E-state index is 10.8. The molecule has 1 aromatic carbocycles. The molecule has 3 aliphatic rings. The number of piperidine rings is 1. The molecule has 0 radical (unpaired) electrons. The molecular formula is C23H26Cl2N6O2. The van der Waals surface area contributed by atoms with Gasteiger partial charge in [0.05, 0.1) is 53.0 Å². The second kappa shape index (κ2) is 7.70. The number of fused-ring (bicyclic) bond motifs is 1.